The number of allylic oxidation sites excluding steroid dienone is 8. The van der Waals surface area contributed by atoms with Gasteiger partial charge in [0.1, 0.15) is 0 Å². The molecular weight excluding hydrogens is 496 g/mol. The maximum absolute atomic E-state index is 7.01. The molecule has 0 spiro atoms. The first kappa shape index (κ1) is 30.0. The van der Waals surface area contributed by atoms with Crippen molar-refractivity contribution in [3.05, 3.63) is 46.6 Å². The predicted molar refractivity (Wildman–Crippen MR) is 175 cm³/mol. The second-order valence-corrected chi connectivity index (χ2v) is 17.4. The molecule has 8 atom stereocenters. The number of hydrogen-bond donors (Lipinski definition) is 0. The summed E-state index contributed by atoms with van der Waals surface area (Å²) < 4.78 is 7.01. The molecule has 0 N–H and O–H groups in total. The standard InChI is InChI=1S/C40H62O/c1-27(2)29-11-15-33-31(23-29)13-17-35-37(5,19-9-21-39(33,35)7)25-41-26-38(6)20-10-22-40(8)34-16-12-30(28(3)4)24-32(34)14-18-36(38)40/h13-14,23-24,27-28,33-36H,9-12,15-22,25-26H2,1-8H3/t33-,34-,35?,36?,37-,38-,39-,40-/m1/s1. The van der Waals surface area contributed by atoms with E-state index in [-0.39, 0.29) is 0 Å². The SMILES string of the molecule is CC(C)C1=CC2=CCC3[C@@](C)(COC[C@@]4(C)CCC[C@@]5(C)C4CC=C4C=C(C(C)C)CC[C@H]45)CCC[C@]3(C)[C@@H]2CC1. The van der Waals surface area contributed by atoms with E-state index < -0.39 is 0 Å². The van der Waals surface area contributed by atoms with Gasteiger partial charge in [-0.3, -0.25) is 0 Å². The van der Waals surface area contributed by atoms with Crippen LogP contribution in [0.15, 0.2) is 46.6 Å². The molecule has 228 valence electrons. The van der Waals surface area contributed by atoms with E-state index in [0.29, 0.717) is 33.5 Å². The molecule has 2 unspecified atom stereocenters. The molecule has 0 heterocycles. The summed E-state index contributed by atoms with van der Waals surface area (Å²) in [5, 5.41) is 0. The molecule has 0 aliphatic heterocycles. The molecule has 0 aromatic rings. The molecule has 0 saturated heterocycles. The van der Waals surface area contributed by atoms with E-state index in [1.54, 1.807) is 22.3 Å². The van der Waals surface area contributed by atoms with Crippen LogP contribution in [0.2, 0.25) is 0 Å². The summed E-state index contributed by atoms with van der Waals surface area (Å²) in [6.07, 6.45) is 26.6. The van der Waals surface area contributed by atoms with Gasteiger partial charge in [0.25, 0.3) is 0 Å². The Bertz CT molecular complexity index is 1040. The summed E-state index contributed by atoms with van der Waals surface area (Å²) in [7, 11) is 0. The van der Waals surface area contributed by atoms with Crippen LogP contribution in [-0.4, -0.2) is 13.2 Å². The summed E-state index contributed by atoms with van der Waals surface area (Å²) in [4.78, 5) is 0. The van der Waals surface area contributed by atoms with Crippen molar-refractivity contribution in [3.8, 4) is 0 Å². The van der Waals surface area contributed by atoms with Gasteiger partial charge in [0.2, 0.25) is 0 Å². The van der Waals surface area contributed by atoms with Crippen molar-refractivity contribution in [1.82, 2.24) is 0 Å². The normalized spacial score (nSPS) is 44.1. The van der Waals surface area contributed by atoms with Gasteiger partial charge in [-0.15, -0.1) is 0 Å². The molecule has 0 aromatic carbocycles. The van der Waals surface area contributed by atoms with E-state index in [0.717, 1.165) is 36.9 Å². The summed E-state index contributed by atoms with van der Waals surface area (Å²) in [5.41, 5.74) is 8.18. The Balaban J connectivity index is 1.17. The molecular formula is C40H62O. The molecule has 1 heteroatoms. The van der Waals surface area contributed by atoms with E-state index in [4.69, 9.17) is 4.74 Å². The number of fused-ring (bicyclic) bond motifs is 6. The van der Waals surface area contributed by atoms with Gasteiger partial charge in [-0.05, 0) is 133 Å². The fraction of sp³-hybridized carbons (Fsp3) is 0.800. The first-order valence-electron chi connectivity index (χ1n) is 17.8. The van der Waals surface area contributed by atoms with Gasteiger partial charge in [0.05, 0.1) is 13.2 Å². The van der Waals surface area contributed by atoms with Gasteiger partial charge in [0.15, 0.2) is 0 Å². The highest BCUT2D eigenvalue weighted by molar-refractivity contribution is 5.36. The second kappa shape index (κ2) is 10.8. The molecule has 6 aliphatic rings. The van der Waals surface area contributed by atoms with Crippen LogP contribution in [0.5, 0.6) is 0 Å². The summed E-state index contributed by atoms with van der Waals surface area (Å²) >= 11 is 0. The monoisotopic (exact) mass is 558 g/mol. The zero-order chi connectivity index (χ0) is 29.2. The number of rotatable bonds is 6. The Kier molecular flexibility index (Phi) is 7.91. The van der Waals surface area contributed by atoms with Crippen LogP contribution >= 0.6 is 0 Å². The number of hydrogen-bond acceptors (Lipinski definition) is 1. The lowest BCUT2D eigenvalue weighted by Gasteiger charge is -2.59. The molecule has 41 heavy (non-hydrogen) atoms. The van der Waals surface area contributed by atoms with Crippen molar-refractivity contribution in [1.29, 1.82) is 0 Å². The maximum atomic E-state index is 7.01. The van der Waals surface area contributed by atoms with E-state index >= 15 is 0 Å². The van der Waals surface area contributed by atoms with Gasteiger partial charge in [-0.25, -0.2) is 0 Å². The number of ether oxygens (including phenoxy) is 1. The fourth-order valence-corrected chi connectivity index (χ4v) is 11.8. The molecule has 6 rings (SSSR count). The van der Waals surface area contributed by atoms with Gasteiger partial charge in [-0.1, -0.05) is 104 Å². The third kappa shape index (κ3) is 5.01. The minimum Gasteiger partial charge on any atom is -0.380 e. The summed E-state index contributed by atoms with van der Waals surface area (Å²) in [6.45, 7) is 22.0. The third-order valence-electron chi connectivity index (χ3n) is 14.3. The maximum Gasteiger partial charge on any atom is 0.0523 e. The van der Waals surface area contributed by atoms with Crippen LogP contribution < -0.4 is 0 Å². The lowest BCUT2D eigenvalue weighted by atomic mass is 9.46. The van der Waals surface area contributed by atoms with Crippen molar-refractivity contribution in [3.63, 3.8) is 0 Å². The van der Waals surface area contributed by atoms with Crippen molar-refractivity contribution < 1.29 is 4.74 Å². The molecule has 0 aromatic heterocycles. The van der Waals surface area contributed by atoms with Crippen LogP contribution in [0.4, 0.5) is 0 Å². The smallest absolute Gasteiger partial charge is 0.0523 e. The van der Waals surface area contributed by atoms with E-state index in [9.17, 15) is 0 Å². The first-order chi connectivity index (χ1) is 19.4. The Morgan fingerprint density at radius 2 is 1.07 bits per heavy atom. The van der Waals surface area contributed by atoms with Gasteiger partial charge >= 0.3 is 0 Å². The van der Waals surface area contributed by atoms with Gasteiger partial charge in [-0.2, -0.15) is 0 Å². The van der Waals surface area contributed by atoms with Crippen LogP contribution in [0, 0.1) is 57.2 Å². The van der Waals surface area contributed by atoms with Crippen LogP contribution in [0.1, 0.15) is 132 Å². The molecule has 0 bridgehead atoms. The molecule has 0 amide bonds. The molecule has 6 aliphatic carbocycles. The Morgan fingerprint density at radius 1 is 0.659 bits per heavy atom. The fourth-order valence-electron chi connectivity index (χ4n) is 11.8. The molecule has 2 saturated carbocycles. The zero-order valence-electron chi connectivity index (χ0n) is 28.1. The molecule has 2 fully saturated rings. The van der Waals surface area contributed by atoms with Crippen LogP contribution in [0.25, 0.3) is 0 Å². The van der Waals surface area contributed by atoms with E-state index in [1.807, 2.05) is 0 Å². The largest absolute Gasteiger partial charge is 0.380 e. The molecule has 0 radical (unpaired) electrons. The summed E-state index contributed by atoms with van der Waals surface area (Å²) in [6, 6.07) is 0. The molecule has 1 nitrogen and oxygen atoms in total. The summed E-state index contributed by atoms with van der Waals surface area (Å²) in [5.74, 6) is 4.39. The van der Waals surface area contributed by atoms with Crippen LogP contribution in [0.3, 0.4) is 0 Å². The quantitative estimate of drug-likeness (QED) is 0.315. The van der Waals surface area contributed by atoms with E-state index in [1.165, 1.54) is 77.0 Å². The van der Waals surface area contributed by atoms with Gasteiger partial charge < -0.3 is 4.74 Å². The Morgan fingerprint density at radius 3 is 1.46 bits per heavy atom. The topological polar surface area (TPSA) is 9.23 Å². The highest BCUT2D eigenvalue weighted by atomic mass is 16.5. The lowest BCUT2D eigenvalue weighted by Crippen LogP contribution is -2.53. The van der Waals surface area contributed by atoms with Crippen molar-refractivity contribution in [2.45, 2.75) is 132 Å². The van der Waals surface area contributed by atoms with Crippen molar-refractivity contribution in [2.24, 2.45) is 57.2 Å². The third-order valence-corrected chi connectivity index (χ3v) is 14.3. The zero-order valence-corrected chi connectivity index (χ0v) is 28.1. The minimum absolute atomic E-state index is 0.298. The average Bonchev–Trinajstić information content (AvgIpc) is 2.92. The highest BCUT2D eigenvalue weighted by Gasteiger charge is 2.56. The Labute approximate surface area is 253 Å². The van der Waals surface area contributed by atoms with Crippen LogP contribution in [-0.2, 0) is 4.74 Å². The van der Waals surface area contributed by atoms with Crippen molar-refractivity contribution >= 4 is 0 Å². The Hall–Kier alpha value is -1.08. The second-order valence-electron chi connectivity index (χ2n) is 17.4. The predicted octanol–water partition coefficient (Wildman–Crippen LogP) is 11.3. The first-order valence-corrected chi connectivity index (χ1v) is 17.8. The van der Waals surface area contributed by atoms with E-state index in [2.05, 4.69) is 79.7 Å². The van der Waals surface area contributed by atoms with Crippen molar-refractivity contribution in [2.75, 3.05) is 13.2 Å². The average molecular weight is 559 g/mol. The lowest BCUT2D eigenvalue weighted by molar-refractivity contribution is -0.128. The highest BCUT2D eigenvalue weighted by Crippen LogP contribution is 2.64. The minimum atomic E-state index is 0.298. The van der Waals surface area contributed by atoms with Gasteiger partial charge in [0, 0.05) is 0 Å².